The summed E-state index contributed by atoms with van der Waals surface area (Å²) in [6.45, 7) is 11.6. The molecule has 0 saturated carbocycles. The van der Waals surface area contributed by atoms with Crippen LogP contribution in [0.25, 0.3) is 0 Å². The first-order valence-electron chi connectivity index (χ1n) is 12.6. The van der Waals surface area contributed by atoms with Crippen LogP contribution in [0.15, 0.2) is 48.6 Å². The van der Waals surface area contributed by atoms with Gasteiger partial charge in [0, 0.05) is 30.2 Å². The highest BCUT2D eigenvalue weighted by atomic mass is 16.6. The lowest BCUT2D eigenvalue weighted by Gasteiger charge is -2.11. The van der Waals surface area contributed by atoms with Gasteiger partial charge in [0.1, 0.15) is 44.5 Å². The Morgan fingerprint density at radius 2 is 1.15 bits per heavy atom. The van der Waals surface area contributed by atoms with Gasteiger partial charge in [-0.05, 0) is 26.0 Å². The molecule has 0 aliphatic heterocycles. The first-order valence-corrected chi connectivity index (χ1v) is 12.6. The second-order valence-corrected chi connectivity index (χ2v) is 8.10. The molecule has 0 heterocycles. The van der Waals surface area contributed by atoms with E-state index >= 15 is 0 Å². The zero-order valence-electron chi connectivity index (χ0n) is 23.0. The normalized spacial score (nSPS) is 10.1. The quantitative estimate of drug-likeness (QED) is 0.103. The van der Waals surface area contributed by atoms with Crippen LogP contribution in [0.1, 0.15) is 20.3 Å². The SMILES string of the molecule is C=C(C)C(=O)OCCNC(=O)OCCCOCCOc1cccc(OCCOC(=O)NCCOC(=O)C(=C)C)c1. The number of hydrogen-bond donors (Lipinski definition) is 2. The van der Waals surface area contributed by atoms with Crippen LogP contribution in [0.4, 0.5) is 9.59 Å². The van der Waals surface area contributed by atoms with E-state index in [1.807, 2.05) is 0 Å². The molecule has 0 aliphatic carbocycles. The Morgan fingerprint density at radius 3 is 1.68 bits per heavy atom. The summed E-state index contributed by atoms with van der Waals surface area (Å²) in [6.07, 6.45) is -0.754. The molecule has 0 spiro atoms. The Balaban J connectivity index is 2.04. The molecule has 1 aromatic rings. The Hall–Kier alpha value is -4.26. The van der Waals surface area contributed by atoms with Gasteiger partial charge in [-0.2, -0.15) is 0 Å². The van der Waals surface area contributed by atoms with E-state index in [1.165, 1.54) is 13.8 Å². The van der Waals surface area contributed by atoms with Crippen LogP contribution >= 0.6 is 0 Å². The summed E-state index contributed by atoms with van der Waals surface area (Å²) < 4.78 is 36.3. The van der Waals surface area contributed by atoms with Crippen LogP contribution in [0.5, 0.6) is 11.5 Å². The zero-order valence-corrected chi connectivity index (χ0v) is 23.0. The standard InChI is InChI=1S/C27H38N2O11/c1-20(2)24(30)37-13-9-28-26(32)39-12-6-11-34-15-16-35-22-7-5-8-23(19-22)36-17-18-40-27(33)29-10-14-38-25(31)21(3)4/h5,7-8,19H,1,3,6,9-18H2,2,4H3,(H,28,32)(H,29,33). The van der Waals surface area contributed by atoms with E-state index in [1.54, 1.807) is 24.3 Å². The summed E-state index contributed by atoms with van der Waals surface area (Å²) in [5.74, 6) is 0.0861. The lowest BCUT2D eigenvalue weighted by Crippen LogP contribution is -2.29. The molecule has 1 rings (SSSR count). The van der Waals surface area contributed by atoms with Crippen LogP contribution in [0, 0.1) is 0 Å². The predicted molar refractivity (Wildman–Crippen MR) is 143 cm³/mol. The first kappa shape index (κ1) is 33.8. The predicted octanol–water partition coefficient (Wildman–Crippen LogP) is 2.54. The number of nitrogens with one attached hydrogen (secondary N) is 2. The summed E-state index contributed by atoms with van der Waals surface area (Å²) >= 11 is 0. The first-order chi connectivity index (χ1) is 19.2. The van der Waals surface area contributed by atoms with Gasteiger partial charge in [-0.3, -0.25) is 0 Å². The number of esters is 2. The highest BCUT2D eigenvalue weighted by molar-refractivity contribution is 5.87. The van der Waals surface area contributed by atoms with Gasteiger partial charge in [-0.15, -0.1) is 0 Å². The Kier molecular flexibility index (Phi) is 17.5. The molecule has 0 fully saturated rings. The van der Waals surface area contributed by atoms with Crippen molar-refractivity contribution in [3.05, 3.63) is 48.6 Å². The number of benzene rings is 1. The van der Waals surface area contributed by atoms with Crippen LogP contribution in [0.2, 0.25) is 0 Å². The van der Waals surface area contributed by atoms with Crippen molar-refractivity contribution in [3.63, 3.8) is 0 Å². The van der Waals surface area contributed by atoms with Crippen molar-refractivity contribution in [1.29, 1.82) is 0 Å². The zero-order chi connectivity index (χ0) is 29.6. The molecule has 0 bridgehead atoms. The lowest BCUT2D eigenvalue weighted by molar-refractivity contribution is -0.139. The fourth-order valence-corrected chi connectivity index (χ4v) is 2.54. The van der Waals surface area contributed by atoms with Crippen LogP contribution < -0.4 is 20.1 Å². The highest BCUT2D eigenvalue weighted by Gasteiger charge is 2.06. The van der Waals surface area contributed by atoms with E-state index in [0.717, 1.165) is 0 Å². The van der Waals surface area contributed by atoms with E-state index in [9.17, 15) is 19.2 Å². The lowest BCUT2D eigenvalue weighted by atomic mass is 10.3. The molecule has 0 radical (unpaired) electrons. The number of ether oxygens (including phenoxy) is 7. The Labute approximate surface area is 233 Å². The van der Waals surface area contributed by atoms with Gasteiger partial charge in [0.05, 0.1) is 26.3 Å². The van der Waals surface area contributed by atoms with Crippen molar-refractivity contribution in [3.8, 4) is 11.5 Å². The van der Waals surface area contributed by atoms with Crippen LogP contribution in [0.3, 0.4) is 0 Å². The average Bonchev–Trinajstić information content (AvgIpc) is 2.92. The second kappa shape index (κ2) is 20.7. The van der Waals surface area contributed by atoms with E-state index in [0.29, 0.717) is 37.7 Å². The maximum absolute atomic E-state index is 11.6. The number of carbonyl (C=O) groups is 4. The van der Waals surface area contributed by atoms with E-state index in [4.69, 9.17) is 33.2 Å². The molecule has 2 N–H and O–H groups in total. The van der Waals surface area contributed by atoms with Crippen LogP contribution in [-0.4, -0.2) is 90.1 Å². The smallest absolute Gasteiger partial charge is 0.407 e. The number of amides is 2. The third kappa shape index (κ3) is 17.3. The Morgan fingerprint density at radius 1 is 0.650 bits per heavy atom. The maximum atomic E-state index is 11.6. The third-order valence-corrected chi connectivity index (χ3v) is 4.46. The van der Waals surface area contributed by atoms with Gasteiger partial charge in [-0.25, -0.2) is 19.2 Å². The number of hydrogen-bond acceptors (Lipinski definition) is 11. The largest absolute Gasteiger partial charge is 0.491 e. The molecule has 0 aromatic heterocycles. The summed E-state index contributed by atoms with van der Waals surface area (Å²) in [5.41, 5.74) is 0.570. The molecule has 0 aliphatic rings. The van der Waals surface area contributed by atoms with Crippen molar-refractivity contribution >= 4 is 24.1 Å². The van der Waals surface area contributed by atoms with Crippen molar-refractivity contribution in [2.24, 2.45) is 0 Å². The molecule has 222 valence electrons. The Bertz CT molecular complexity index is 981. The third-order valence-electron chi connectivity index (χ3n) is 4.46. The van der Waals surface area contributed by atoms with Crippen LogP contribution in [-0.2, 0) is 33.3 Å². The van der Waals surface area contributed by atoms with Gasteiger partial charge in [-0.1, -0.05) is 19.2 Å². The van der Waals surface area contributed by atoms with Gasteiger partial charge in [0.25, 0.3) is 0 Å². The molecule has 2 amide bonds. The molecular weight excluding hydrogens is 528 g/mol. The van der Waals surface area contributed by atoms with Crippen molar-refractivity contribution in [2.45, 2.75) is 20.3 Å². The average molecular weight is 567 g/mol. The van der Waals surface area contributed by atoms with E-state index in [2.05, 4.69) is 23.8 Å². The van der Waals surface area contributed by atoms with Crippen molar-refractivity contribution in [2.75, 3.05) is 65.9 Å². The van der Waals surface area contributed by atoms with Crippen molar-refractivity contribution < 1.29 is 52.3 Å². The minimum Gasteiger partial charge on any atom is -0.491 e. The fraction of sp³-hybridized carbons (Fsp3) is 0.481. The molecule has 13 heteroatoms. The molecule has 40 heavy (non-hydrogen) atoms. The number of rotatable bonds is 20. The minimum atomic E-state index is -0.652. The van der Waals surface area contributed by atoms with Crippen molar-refractivity contribution in [1.82, 2.24) is 10.6 Å². The maximum Gasteiger partial charge on any atom is 0.407 e. The highest BCUT2D eigenvalue weighted by Crippen LogP contribution is 2.19. The number of alkyl carbamates (subject to hydrolysis) is 2. The molecule has 0 atom stereocenters. The summed E-state index contributed by atoms with van der Waals surface area (Å²) in [7, 11) is 0. The van der Waals surface area contributed by atoms with Gasteiger partial charge < -0.3 is 43.8 Å². The van der Waals surface area contributed by atoms with Gasteiger partial charge in [0.15, 0.2) is 0 Å². The molecular formula is C27H38N2O11. The second-order valence-electron chi connectivity index (χ2n) is 8.10. The minimum absolute atomic E-state index is 0.0152. The van der Waals surface area contributed by atoms with Gasteiger partial charge in [0.2, 0.25) is 0 Å². The molecule has 0 saturated heterocycles. The van der Waals surface area contributed by atoms with E-state index in [-0.39, 0.29) is 57.3 Å². The molecule has 1 aromatic carbocycles. The fourth-order valence-electron chi connectivity index (χ4n) is 2.54. The van der Waals surface area contributed by atoms with E-state index < -0.39 is 24.1 Å². The molecule has 0 unspecified atom stereocenters. The van der Waals surface area contributed by atoms with Gasteiger partial charge >= 0.3 is 24.1 Å². The summed E-state index contributed by atoms with van der Waals surface area (Å²) in [4.78, 5) is 45.6. The monoisotopic (exact) mass is 566 g/mol. The molecule has 13 nitrogen and oxygen atoms in total. The topological polar surface area (TPSA) is 157 Å². The summed E-state index contributed by atoms with van der Waals surface area (Å²) in [5, 5.41) is 4.92. The number of carbonyl (C=O) groups excluding carboxylic acids is 4. The summed E-state index contributed by atoms with van der Waals surface area (Å²) in [6, 6.07) is 6.97.